The quantitative estimate of drug-likeness (QED) is 0.794. The van der Waals surface area contributed by atoms with Gasteiger partial charge in [0.2, 0.25) is 11.8 Å². The zero-order chi connectivity index (χ0) is 15.7. The predicted octanol–water partition coefficient (Wildman–Crippen LogP) is 0.453. The van der Waals surface area contributed by atoms with Crippen LogP contribution >= 0.6 is 0 Å². The molecule has 0 aliphatic carbocycles. The van der Waals surface area contributed by atoms with Crippen LogP contribution in [0.3, 0.4) is 0 Å². The Hall–Kier alpha value is -2.47. The van der Waals surface area contributed by atoms with Crippen LogP contribution in [0.1, 0.15) is 34.3 Å². The SMILES string of the molecule is O=C1CCC(N2Cc3c(/C=C/CO)cccc3C2=O)C(=O)N1. The van der Waals surface area contributed by atoms with Gasteiger partial charge in [0.1, 0.15) is 6.04 Å². The number of aliphatic hydroxyl groups is 1. The smallest absolute Gasteiger partial charge is 0.255 e. The molecule has 1 fully saturated rings. The van der Waals surface area contributed by atoms with Crippen molar-refractivity contribution < 1.29 is 19.5 Å². The number of benzene rings is 1. The van der Waals surface area contributed by atoms with E-state index in [1.165, 1.54) is 4.90 Å². The van der Waals surface area contributed by atoms with Crippen LogP contribution in [0.2, 0.25) is 0 Å². The third-order valence-electron chi connectivity index (χ3n) is 4.02. The summed E-state index contributed by atoms with van der Waals surface area (Å²) in [5, 5.41) is 11.2. The molecule has 1 unspecified atom stereocenters. The zero-order valence-electron chi connectivity index (χ0n) is 11.9. The molecular weight excluding hydrogens is 284 g/mol. The lowest BCUT2D eigenvalue weighted by Crippen LogP contribution is -2.52. The average molecular weight is 300 g/mol. The molecule has 2 aliphatic heterocycles. The molecule has 1 aromatic rings. The first-order valence-corrected chi connectivity index (χ1v) is 7.15. The van der Waals surface area contributed by atoms with Gasteiger partial charge in [-0.25, -0.2) is 0 Å². The van der Waals surface area contributed by atoms with E-state index in [4.69, 9.17) is 5.11 Å². The molecule has 2 N–H and O–H groups in total. The van der Waals surface area contributed by atoms with E-state index in [9.17, 15) is 14.4 Å². The monoisotopic (exact) mass is 300 g/mol. The topological polar surface area (TPSA) is 86.7 Å². The number of amides is 3. The highest BCUT2D eigenvalue weighted by Gasteiger charge is 2.39. The van der Waals surface area contributed by atoms with Gasteiger partial charge in [0.05, 0.1) is 6.61 Å². The van der Waals surface area contributed by atoms with E-state index in [1.54, 1.807) is 24.3 Å². The molecule has 0 bridgehead atoms. The maximum Gasteiger partial charge on any atom is 0.255 e. The number of piperidine rings is 1. The lowest BCUT2D eigenvalue weighted by atomic mass is 10.0. The van der Waals surface area contributed by atoms with Crippen LogP contribution in [0.5, 0.6) is 0 Å². The van der Waals surface area contributed by atoms with Gasteiger partial charge in [-0.2, -0.15) is 0 Å². The Labute approximate surface area is 127 Å². The summed E-state index contributed by atoms with van der Waals surface area (Å²) in [4.78, 5) is 37.3. The van der Waals surface area contributed by atoms with Crippen molar-refractivity contribution in [1.82, 2.24) is 10.2 Å². The fourth-order valence-electron chi connectivity index (χ4n) is 2.95. The lowest BCUT2D eigenvalue weighted by Gasteiger charge is -2.29. The molecule has 3 amide bonds. The first kappa shape index (κ1) is 14.5. The maximum absolute atomic E-state index is 12.5. The fourth-order valence-corrected chi connectivity index (χ4v) is 2.95. The van der Waals surface area contributed by atoms with E-state index in [0.29, 0.717) is 18.5 Å². The molecule has 0 saturated carbocycles. The molecule has 6 heteroatoms. The van der Waals surface area contributed by atoms with Gasteiger partial charge in [-0.15, -0.1) is 0 Å². The maximum atomic E-state index is 12.5. The number of carbonyl (C=O) groups excluding carboxylic acids is 3. The van der Waals surface area contributed by atoms with Crippen LogP contribution in [-0.2, 0) is 16.1 Å². The second-order valence-electron chi connectivity index (χ2n) is 5.36. The van der Waals surface area contributed by atoms with E-state index < -0.39 is 11.9 Å². The van der Waals surface area contributed by atoms with Crippen molar-refractivity contribution in [2.75, 3.05) is 6.61 Å². The van der Waals surface area contributed by atoms with Crippen molar-refractivity contribution in [2.45, 2.75) is 25.4 Å². The van der Waals surface area contributed by atoms with Gasteiger partial charge in [-0.1, -0.05) is 24.3 Å². The largest absolute Gasteiger partial charge is 0.392 e. The summed E-state index contributed by atoms with van der Waals surface area (Å²) >= 11 is 0. The minimum atomic E-state index is -0.604. The number of hydrogen-bond acceptors (Lipinski definition) is 4. The van der Waals surface area contributed by atoms with E-state index in [-0.39, 0.29) is 24.8 Å². The third-order valence-corrected chi connectivity index (χ3v) is 4.02. The Kier molecular flexibility index (Phi) is 3.77. The molecule has 0 aromatic heterocycles. The first-order chi connectivity index (χ1) is 10.6. The average Bonchev–Trinajstić information content (AvgIpc) is 2.83. The number of nitrogens with one attached hydrogen (secondary N) is 1. The number of fused-ring (bicyclic) bond motifs is 1. The van der Waals surface area contributed by atoms with Crippen molar-refractivity contribution in [3.8, 4) is 0 Å². The Morgan fingerprint density at radius 2 is 2.14 bits per heavy atom. The molecule has 1 aromatic carbocycles. The van der Waals surface area contributed by atoms with E-state index in [1.807, 2.05) is 6.07 Å². The summed E-state index contributed by atoms with van der Waals surface area (Å²) in [5.74, 6) is -0.898. The highest BCUT2D eigenvalue weighted by atomic mass is 16.2. The molecular formula is C16H16N2O4. The molecule has 22 heavy (non-hydrogen) atoms. The van der Waals surface area contributed by atoms with E-state index in [0.717, 1.165) is 11.1 Å². The van der Waals surface area contributed by atoms with Crippen LogP contribution in [0.4, 0.5) is 0 Å². The Morgan fingerprint density at radius 1 is 1.32 bits per heavy atom. The summed E-state index contributed by atoms with van der Waals surface area (Å²) in [5.41, 5.74) is 2.28. The van der Waals surface area contributed by atoms with Crippen LogP contribution in [-0.4, -0.2) is 40.4 Å². The molecule has 6 nitrogen and oxygen atoms in total. The van der Waals surface area contributed by atoms with Crippen molar-refractivity contribution in [1.29, 1.82) is 0 Å². The standard InChI is InChI=1S/C16H16N2O4/c19-8-2-4-10-3-1-5-11-12(10)9-18(16(11)22)13-6-7-14(20)17-15(13)21/h1-5,13,19H,6-9H2,(H,17,20,21)/b4-2+. The van der Waals surface area contributed by atoms with Gasteiger partial charge in [0.15, 0.2) is 0 Å². The van der Waals surface area contributed by atoms with E-state index in [2.05, 4.69) is 5.32 Å². The van der Waals surface area contributed by atoms with Crippen molar-refractivity contribution >= 4 is 23.8 Å². The molecule has 1 saturated heterocycles. The predicted molar refractivity (Wildman–Crippen MR) is 78.6 cm³/mol. The molecule has 2 heterocycles. The lowest BCUT2D eigenvalue weighted by molar-refractivity contribution is -0.136. The first-order valence-electron chi connectivity index (χ1n) is 7.15. The fraction of sp³-hybridized carbons (Fsp3) is 0.312. The summed E-state index contributed by atoms with van der Waals surface area (Å²) in [6, 6.07) is 4.78. The molecule has 3 rings (SSSR count). The van der Waals surface area contributed by atoms with E-state index >= 15 is 0 Å². The van der Waals surface area contributed by atoms with Gasteiger partial charge in [-0.3, -0.25) is 19.7 Å². The molecule has 2 aliphatic rings. The van der Waals surface area contributed by atoms with Crippen LogP contribution in [0, 0.1) is 0 Å². The number of carbonyl (C=O) groups is 3. The highest BCUT2D eigenvalue weighted by molar-refractivity contribution is 6.05. The summed E-state index contributed by atoms with van der Waals surface area (Å²) < 4.78 is 0. The molecule has 1 atom stereocenters. The zero-order valence-corrected chi connectivity index (χ0v) is 11.9. The summed E-state index contributed by atoms with van der Waals surface area (Å²) in [6.07, 6.45) is 3.97. The molecule has 114 valence electrons. The van der Waals surface area contributed by atoms with Gasteiger partial charge < -0.3 is 10.0 Å². The Balaban J connectivity index is 1.89. The van der Waals surface area contributed by atoms with Crippen LogP contribution in [0.25, 0.3) is 6.08 Å². The third kappa shape index (κ3) is 2.42. The Bertz CT molecular complexity index is 681. The molecule has 0 radical (unpaired) electrons. The van der Waals surface area contributed by atoms with Gasteiger partial charge in [0, 0.05) is 18.5 Å². The minimum Gasteiger partial charge on any atom is -0.392 e. The van der Waals surface area contributed by atoms with Crippen LogP contribution in [0.15, 0.2) is 24.3 Å². The number of imide groups is 1. The van der Waals surface area contributed by atoms with Crippen molar-refractivity contribution in [3.63, 3.8) is 0 Å². The molecule has 0 spiro atoms. The highest BCUT2D eigenvalue weighted by Crippen LogP contribution is 2.30. The van der Waals surface area contributed by atoms with Gasteiger partial charge in [-0.05, 0) is 23.6 Å². The summed E-state index contributed by atoms with van der Waals surface area (Å²) in [6.45, 7) is 0.265. The number of nitrogens with zero attached hydrogens (tertiary/aromatic N) is 1. The number of hydrogen-bond donors (Lipinski definition) is 2. The Morgan fingerprint density at radius 3 is 2.86 bits per heavy atom. The van der Waals surface area contributed by atoms with Gasteiger partial charge in [0.25, 0.3) is 5.91 Å². The van der Waals surface area contributed by atoms with Gasteiger partial charge >= 0.3 is 0 Å². The second kappa shape index (κ2) is 5.73. The second-order valence-corrected chi connectivity index (χ2v) is 5.36. The summed E-state index contributed by atoms with van der Waals surface area (Å²) in [7, 11) is 0. The van der Waals surface area contributed by atoms with Crippen molar-refractivity contribution in [2.24, 2.45) is 0 Å². The van der Waals surface area contributed by atoms with Crippen molar-refractivity contribution in [3.05, 3.63) is 41.0 Å². The van der Waals surface area contributed by atoms with Crippen LogP contribution < -0.4 is 5.32 Å². The number of aliphatic hydroxyl groups excluding tert-OH is 1. The normalized spacial score (nSPS) is 21.4. The number of rotatable bonds is 3. The minimum absolute atomic E-state index is 0.0749.